The van der Waals surface area contributed by atoms with Gasteiger partial charge in [0.1, 0.15) is 0 Å². The van der Waals surface area contributed by atoms with Crippen LogP contribution in [0.4, 0.5) is 0 Å². The fraction of sp³-hybridized carbons (Fsp3) is 0.250. The predicted molar refractivity (Wildman–Crippen MR) is 54.6 cm³/mol. The van der Waals surface area contributed by atoms with Crippen molar-refractivity contribution in [1.29, 1.82) is 0 Å². The zero-order valence-electron chi connectivity index (χ0n) is 8.00. The first-order valence-electron chi connectivity index (χ1n) is 4.34. The van der Waals surface area contributed by atoms with E-state index in [0.717, 1.165) is 0 Å². The summed E-state index contributed by atoms with van der Waals surface area (Å²) in [5.74, 6) is 0.940. The van der Waals surface area contributed by atoms with Crippen LogP contribution in [0.5, 0.6) is 0 Å². The molecule has 2 aromatic heterocycles. The summed E-state index contributed by atoms with van der Waals surface area (Å²) in [6, 6.07) is 1.43. The van der Waals surface area contributed by atoms with Gasteiger partial charge in [-0.2, -0.15) is 9.67 Å². The molecular weight excluding hydrogens is 216 g/mol. The molecular formula is C8H9ClN6. The molecule has 1 unspecified atom stereocenters. The molecule has 2 rings (SSSR count). The SMILES string of the molecule is CC(N)c1nc(Cl)nn1-c1ncccn1. The largest absolute Gasteiger partial charge is 0.322 e. The quantitative estimate of drug-likeness (QED) is 0.813. The van der Waals surface area contributed by atoms with Crippen molar-refractivity contribution in [3.05, 3.63) is 29.6 Å². The van der Waals surface area contributed by atoms with Gasteiger partial charge in [-0.3, -0.25) is 0 Å². The summed E-state index contributed by atoms with van der Waals surface area (Å²) in [5.41, 5.74) is 5.73. The predicted octanol–water partition coefficient (Wildman–Crippen LogP) is 0.730. The van der Waals surface area contributed by atoms with Gasteiger partial charge in [0, 0.05) is 12.4 Å². The third kappa shape index (κ3) is 1.95. The molecule has 0 spiro atoms. The Kier molecular flexibility index (Phi) is 2.61. The maximum atomic E-state index is 5.73. The van der Waals surface area contributed by atoms with Crippen LogP contribution in [0.1, 0.15) is 18.8 Å². The van der Waals surface area contributed by atoms with Crippen molar-refractivity contribution in [2.24, 2.45) is 5.73 Å². The highest BCUT2D eigenvalue weighted by molar-refractivity contribution is 6.28. The minimum atomic E-state index is -0.284. The number of nitrogens with zero attached hydrogens (tertiary/aromatic N) is 5. The number of hydrogen-bond donors (Lipinski definition) is 1. The number of rotatable bonds is 2. The minimum absolute atomic E-state index is 0.134. The van der Waals surface area contributed by atoms with E-state index in [2.05, 4.69) is 20.1 Å². The Bertz CT molecular complexity index is 451. The van der Waals surface area contributed by atoms with E-state index in [-0.39, 0.29) is 11.3 Å². The van der Waals surface area contributed by atoms with E-state index in [1.807, 2.05) is 0 Å². The van der Waals surface area contributed by atoms with Gasteiger partial charge in [0.25, 0.3) is 5.95 Å². The lowest BCUT2D eigenvalue weighted by molar-refractivity contribution is 0.669. The summed E-state index contributed by atoms with van der Waals surface area (Å²) >= 11 is 5.71. The molecule has 0 aliphatic heterocycles. The normalized spacial score (nSPS) is 12.7. The molecule has 2 N–H and O–H groups in total. The minimum Gasteiger partial charge on any atom is -0.322 e. The maximum absolute atomic E-state index is 5.73. The van der Waals surface area contributed by atoms with Crippen molar-refractivity contribution in [3.8, 4) is 5.95 Å². The van der Waals surface area contributed by atoms with Crippen molar-refractivity contribution in [2.75, 3.05) is 0 Å². The molecule has 0 aliphatic carbocycles. The molecule has 0 saturated heterocycles. The van der Waals surface area contributed by atoms with Crippen LogP contribution in [0.15, 0.2) is 18.5 Å². The van der Waals surface area contributed by atoms with Crippen molar-refractivity contribution < 1.29 is 0 Å². The van der Waals surface area contributed by atoms with E-state index < -0.39 is 0 Å². The lowest BCUT2D eigenvalue weighted by atomic mass is 10.3. The standard InChI is InChI=1S/C8H9ClN6/c1-5(10)6-13-7(9)14-15(6)8-11-3-2-4-12-8/h2-5H,10H2,1H3. The third-order valence-electron chi connectivity index (χ3n) is 1.76. The van der Waals surface area contributed by atoms with Crippen LogP contribution < -0.4 is 5.73 Å². The zero-order chi connectivity index (χ0) is 10.8. The summed E-state index contributed by atoms with van der Waals surface area (Å²) < 4.78 is 1.44. The Hall–Kier alpha value is -1.53. The smallest absolute Gasteiger partial charge is 0.252 e. The number of nitrogens with two attached hydrogens (primary N) is 1. The Morgan fingerprint density at radius 2 is 2.07 bits per heavy atom. The van der Waals surface area contributed by atoms with E-state index in [4.69, 9.17) is 17.3 Å². The van der Waals surface area contributed by atoms with Crippen LogP contribution in [-0.2, 0) is 0 Å². The molecule has 0 bridgehead atoms. The van der Waals surface area contributed by atoms with Crippen LogP contribution in [0.2, 0.25) is 5.28 Å². The highest BCUT2D eigenvalue weighted by Crippen LogP contribution is 2.13. The molecule has 1 atom stereocenters. The molecule has 15 heavy (non-hydrogen) atoms. The second-order valence-electron chi connectivity index (χ2n) is 2.99. The Balaban J connectivity index is 2.53. The van der Waals surface area contributed by atoms with Crippen LogP contribution >= 0.6 is 11.6 Å². The molecule has 0 aliphatic rings. The summed E-state index contributed by atoms with van der Waals surface area (Å²) in [6.07, 6.45) is 3.23. The van der Waals surface area contributed by atoms with Gasteiger partial charge in [0.15, 0.2) is 5.82 Å². The first-order chi connectivity index (χ1) is 7.18. The fourth-order valence-corrected chi connectivity index (χ4v) is 1.30. The first-order valence-corrected chi connectivity index (χ1v) is 4.71. The molecule has 0 radical (unpaired) electrons. The van der Waals surface area contributed by atoms with Crippen LogP contribution in [0, 0.1) is 0 Å². The van der Waals surface area contributed by atoms with Gasteiger partial charge in [0.2, 0.25) is 5.28 Å². The van der Waals surface area contributed by atoms with Crippen molar-refractivity contribution in [1.82, 2.24) is 24.7 Å². The van der Waals surface area contributed by atoms with Gasteiger partial charge in [-0.15, -0.1) is 5.10 Å². The summed E-state index contributed by atoms with van der Waals surface area (Å²) in [7, 11) is 0. The first kappa shape index (κ1) is 10.0. The van der Waals surface area contributed by atoms with Crippen molar-refractivity contribution in [3.63, 3.8) is 0 Å². The van der Waals surface area contributed by atoms with Crippen LogP contribution in [-0.4, -0.2) is 24.7 Å². The number of aromatic nitrogens is 5. The molecule has 6 nitrogen and oxygen atoms in total. The van der Waals surface area contributed by atoms with E-state index in [1.54, 1.807) is 25.4 Å². The highest BCUT2D eigenvalue weighted by Gasteiger charge is 2.15. The lowest BCUT2D eigenvalue weighted by Crippen LogP contribution is -2.14. The second kappa shape index (κ2) is 3.92. The zero-order valence-corrected chi connectivity index (χ0v) is 8.76. The average molecular weight is 225 g/mol. The molecule has 0 aromatic carbocycles. The fourth-order valence-electron chi connectivity index (χ4n) is 1.14. The van der Waals surface area contributed by atoms with Gasteiger partial charge in [-0.05, 0) is 24.6 Å². The topological polar surface area (TPSA) is 82.5 Å². The Labute approximate surface area is 91.1 Å². The van der Waals surface area contributed by atoms with Gasteiger partial charge in [-0.25, -0.2) is 9.97 Å². The second-order valence-corrected chi connectivity index (χ2v) is 3.33. The molecule has 78 valence electrons. The summed E-state index contributed by atoms with van der Waals surface area (Å²) in [4.78, 5) is 12.1. The van der Waals surface area contributed by atoms with Gasteiger partial charge in [-0.1, -0.05) is 0 Å². The van der Waals surface area contributed by atoms with Gasteiger partial charge >= 0.3 is 0 Å². The van der Waals surface area contributed by atoms with E-state index >= 15 is 0 Å². The van der Waals surface area contributed by atoms with Crippen LogP contribution in [0.25, 0.3) is 5.95 Å². The highest BCUT2D eigenvalue weighted by atomic mass is 35.5. The monoisotopic (exact) mass is 224 g/mol. The number of hydrogen-bond acceptors (Lipinski definition) is 5. The van der Waals surface area contributed by atoms with E-state index in [1.165, 1.54) is 4.68 Å². The van der Waals surface area contributed by atoms with E-state index in [0.29, 0.717) is 11.8 Å². The van der Waals surface area contributed by atoms with E-state index in [9.17, 15) is 0 Å². The summed E-state index contributed by atoms with van der Waals surface area (Å²) in [6.45, 7) is 1.79. The Morgan fingerprint density at radius 1 is 1.40 bits per heavy atom. The van der Waals surface area contributed by atoms with Crippen molar-refractivity contribution in [2.45, 2.75) is 13.0 Å². The molecule has 0 saturated carbocycles. The van der Waals surface area contributed by atoms with Gasteiger partial charge < -0.3 is 5.73 Å². The van der Waals surface area contributed by atoms with Gasteiger partial charge in [0.05, 0.1) is 6.04 Å². The molecule has 7 heteroatoms. The Morgan fingerprint density at radius 3 is 2.67 bits per heavy atom. The molecule has 0 fully saturated rings. The average Bonchev–Trinajstić information content (AvgIpc) is 2.62. The van der Waals surface area contributed by atoms with Crippen molar-refractivity contribution >= 4 is 11.6 Å². The molecule has 2 heterocycles. The summed E-state index contributed by atoms with van der Waals surface area (Å²) in [5, 5.41) is 4.10. The van der Waals surface area contributed by atoms with Crippen LogP contribution in [0.3, 0.4) is 0 Å². The molecule has 0 amide bonds. The molecule has 2 aromatic rings. The maximum Gasteiger partial charge on any atom is 0.252 e. The third-order valence-corrected chi connectivity index (χ3v) is 1.92. The lowest BCUT2D eigenvalue weighted by Gasteiger charge is -2.05. The number of halogens is 1.